The zero-order valence-corrected chi connectivity index (χ0v) is 17.6. The van der Waals surface area contributed by atoms with Crippen molar-refractivity contribution < 1.29 is 4.74 Å². The molecule has 2 fully saturated rings. The molecule has 0 spiro atoms. The first-order valence-corrected chi connectivity index (χ1v) is 11.2. The van der Waals surface area contributed by atoms with Crippen LogP contribution in [-0.4, -0.2) is 68.2 Å². The van der Waals surface area contributed by atoms with Crippen molar-refractivity contribution in [3.8, 4) is 0 Å². The van der Waals surface area contributed by atoms with Crippen LogP contribution >= 0.6 is 0 Å². The van der Waals surface area contributed by atoms with Crippen molar-refractivity contribution in [3.05, 3.63) is 35.9 Å². The van der Waals surface area contributed by atoms with E-state index in [-0.39, 0.29) is 0 Å². The quantitative estimate of drug-likeness (QED) is 0.380. The topological polar surface area (TPSA) is 40.1 Å². The normalized spacial score (nSPS) is 20.8. The van der Waals surface area contributed by atoms with Gasteiger partial charge in [0.25, 0.3) is 0 Å². The van der Waals surface area contributed by atoms with Crippen molar-refractivity contribution in [2.75, 3.05) is 52.4 Å². The number of hydrogen-bond acceptors (Lipinski definition) is 3. The van der Waals surface area contributed by atoms with Crippen LogP contribution in [0.1, 0.15) is 44.6 Å². The summed E-state index contributed by atoms with van der Waals surface area (Å²) in [6.45, 7) is 11.5. The highest BCUT2D eigenvalue weighted by molar-refractivity contribution is 5.80. The molecule has 1 N–H and O–H groups in total. The first kappa shape index (κ1) is 21.1. The lowest BCUT2D eigenvalue weighted by Gasteiger charge is -2.22. The average Bonchev–Trinajstić information content (AvgIpc) is 3.40. The number of rotatable bonds is 10. The van der Waals surface area contributed by atoms with E-state index < -0.39 is 0 Å². The highest BCUT2D eigenvalue weighted by atomic mass is 16.5. The largest absolute Gasteiger partial charge is 0.376 e. The highest BCUT2D eigenvalue weighted by Crippen LogP contribution is 2.17. The molecule has 2 aliphatic rings. The number of ether oxygens (including phenoxy) is 1. The Morgan fingerprint density at radius 3 is 2.75 bits per heavy atom. The molecule has 2 aliphatic heterocycles. The summed E-state index contributed by atoms with van der Waals surface area (Å²) in [5.41, 5.74) is 1.25. The monoisotopic (exact) mass is 386 g/mol. The van der Waals surface area contributed by atoms with Crippen molar-refractivity contribution in [2.24, 2.45) is 10.9 Å². The Bertz CT molecular complexity index is 571. The van der Waals surface area contributed by atoms with Gasteiger partial charge in [0.05, 0.1) is 13.2 Å². The first-order chi connectivity index (χ1) is 13.8. The number of unbranched alkanes of at least 4 members (excludes halogenated alkanes) is 1. The Labute approximate surface area is 171 Å². The standard InChI is InChI=1S/C23H38N4O/c1-2-24-23(25-13-6-7-14-26-15-8-9-16-26)27-17-12-22(18-27)20-28-19-21-10-4-3-5-11-21/h3-5,10-11,22H,2,6-9,12-20H2,1H3,(H,24,25). The van der Waals surface area contributed by atoms with Gasteiger partial charge in [0, 0.05) is 32.1 Å². The maximum atomic E-state index is 5.96. The van der Waals surface area contributed by atoms with Gasteiger partial charge in [-0.1, -0.05) is 30.3 Å². The molecule has 1 aromatic carbocycles. The van der Waals surface area contributed by atoms with Crippen molar-refractivity contribution in [2.45, 2.75) is 45.6 Å². The first-order valence-electron chi connectivity index (χ1n) is 11.2. The van der Waals surface area contributed by atoms with Crippen molar-refractivity contribution >= 4 is 5.96 Å². The van der Waals surface area contributed by atoms with Crippen LogP contribution < -0.4 is 5.32 Å². The molecule has 0 aliphatic carbocycles. The molecule has 1 atom stereocenters. The second-order valence-corrected chi connectivity index (χ2v) is 8.09. The van der Waals surface area contributed by atoms with Gasteiger partial charge in [0.1, 0.15) is 0 Å². The Morgan fingerprint density at radius 2 is 1.96 bits per heavy atom. The Balaban J connectivity index is 1.34. The third-order valence-corrected chi connectivity index (χ3v) is 5.73. The van der Waals surface area contributed by atoms with E-state index in [0.717, 1.165) is 38.7 Å². The van der Waals surface area contributed by atoms with Gasteiger partial charge in [-0.3, -0.25) is 4.99 Å². The number of benzene rings is 1. The molecule has 28 heavy (non-hydrogen) atoms. The predicted molar refractivity (Wildman–Crippen MR) is 117 cm³/mol. The molecule has 0 aromatic heterocycles. The van der Waals surface area contributed by atoms with E-state index in [1.807, 2.05) is 6.07 Å². The van der Waals surface area contributed by atoms with E-state index in [1.165, 1.54) is 57.3 Å². The van der Waals surface area contributed by atoms with Crippen LogP contribution in [0.5, 0.6) is 0 Å². The van der Waals surface area contributed by atoms with Crippen molar-refractivity contribution in [1.82, 2.24) is 15.1 Å². The van der Waals surface area contributed by atoms with Crippen LogP contribution in [0.3, 0.4) is 0 Å². The Hall–Kier alpha value is -1.59. The van der Waals surface area contributed by atoms with Gasteiger partial charge < -0.3 is 19.9 Å². The SMILES string of the molecule is CCNC(=NCCCCN1CCCC1)N1CCC(COCc2ccccc2)C1. The third-order valence-electron chi connectivity index (χ3n) is 5.73. The number of likely N-dealkylation sites (tertiary alicyclic amines) is 2. The summed E-state index contributed by atoms with van der Waals surface area (Å²) in [7, 11) is 0. The minimum atomic E-state index is 0.600. The molecule has 2 saturated heterocycles. The van der Waals surface area contributed by atoms with Gasteiger partial charge in [-0.15, -0.1) is 0 Å². The summed E-state index contributed by atoms with van der Waals surface area (Å²) >= 11 is 0. The fraction of sp³-hybridized carbons (Fsp3) is 0.696. The lowest BCUT2D eigenvalue weighted by molar-refractivity contribution is 0.0907. The molecule has 0 amide bonds. The number of nitrogens with one attached hydrogen (secondary N) is 1. The molecule has 0 saturated carbocycles. The summed E-state index contributed by atoms with van der Waals surface area (Å²) in [5.74, 6) is 1.69. The summed E-state index contributed by atoms with van der Waals surface area (Å²) in [6.07, 6.45) is 6.40. The Morgan fingerprint density at radius 1 is 1.14 bits per heavy atom. The Kier molecular flexibility index (Phi) is 9.11. The summed E-state index contributed by atoms with van der Waals surface area (Å²) in [4.78, 5) is 9.90. The van der Waals surface area contributed by atoms with E-state index in [4.69, 9.17) is 9.73 Å². The van der Waals surface area contributed by atoms with Gasteiger partial charge >= 0.3 is 0 Å². The molecule has 5 heteroatoms. The number of nitrogens with zero attached hydrogens (tertiary/aromatic N) is 3. The van der Waals surface area contributed by atoms with Crippen LogP contribution in [0.2, 0.25) is 0 Å². The van der Waals surface area contributed by atoms with Crippen LogP contribution in [0.25, 0.3) is 0 Å². The average molecular weight is 387 g/mol. The van der Waals surface area contributed by atoms with Crippen molar-refractivity contribution in [1.29, 1.82) is 0 Å². The maximum absolute atomic E-state index is 5.96. The smallest absolute Gasteiger partial charge is 0.193 e. The lowest BCUT2D eigenvalue weighted by Crippen LogP contribution is -2.40. The molecular weight excluding hydrogens is 348 g/mol. The van der Waals surface area contributed by atoms with Crippen LogP contribution in [0, 0.1) is 5.92 Å². The van der Waals surface area contributed by atoms with Crippen LogP contribution in [-0.2, 0) is 11.3 Å². The molecule has 2 heterocycles. The third kappa shape index (κ3) is 7.10. The second kappa shape index (κ2) is 12.1. The molecule has 0 radical (unpaired) electrons. The van der Waals surface area contributed by atoms with Gasteiger partial charge in [0.15, 0.2) is 5.96 Å². The van der Waals surface area contributed by atoms with E-state index in [9.17, 15) is 0 Å². The number of hydrogen-bond donors (Lipinski definition) is 1. The van der Waals surface area contributed by atoms with Gasteiger partial charge in [-0.2, -0.15) is 0 Å². The molecule has 1 aromatic rings. The summed E-state index contributed by atoms with van der Waals surface area (Å²) < 4.78 is 5.96. The van der Waals surface area contributed by atoms with Gasteiger partial charge in [0.2, 0.25) is 0 Å². The highest BCUT2D eigenvalue weighted by Gasteiger charge is 2.25. The van der Waals surface area contributed by atoms with E-state index >= 15 is 0 Å². The van der Waals surface area contributed by atoms with E-state index in [1.54, 1.807) is 0 Å². The van der Waals surface area contributed by atoms with Crippen LogP contribution in [0.15, 0.2) is 35.3 Å². The zero-order chi connectivity index (χ0) is 19.4. The second-order valence-electron chi connectivity index (χ2n) is 8.09. The fourth-order valence-electron chi connectivity index (χ4n) is 4.14. The molecule has 3 rings (SSSR count). The number of aliphatic imine (C=N–C) groups is 1. The lowest BCUT2D eigenvalue weighted by atomic mass is 10.1. The van der Waals surface area contributed by atoms with Gasteiger partial charge in [-0.05, 0) is 64.2 Å². The predicted octanol–water partition coefficient (Wildman–Crippen LogP) is 3.37. The minimum Gasteiger partial charge on any atom is -0.376 e. The van der Waals surface area contributed by atoms with E-state index in [0.29, 0.717) is 12.5 Å². The molecule has 1 unspecified atom stereocenters. The maximum Gasteiger partial charge on any atom is 0.193 e. The van der Waals surface area contributed by atoms with Crippen LogP contribution in [0.4, 0.5) is 0 Å². The fourth-order valence-corrected chi connectivity index (χ4v) is 4.14. The van der Waals surface area contributed by atoms with Gasteiger partial charge in [-0.25, -0.2) is 0 Å². The summed E-state index contributed by atoms with van der Waals surface area (Å²) in [6, 6.07) is 10.4. The molecule has 0 bridgehead atoms. The number of guanidine groups is 1. The molecular formula is C23H38N4O. The van der Waals surface area contributed by atoms with Crippen molar-refractivity contribution in [3.63, 3.8) is 0 Å². The minimum absolute atomic E-state index is 0.600. The molecule has 156 valence electrons. The zero-order valence-electron chi connectivity index (χ0n) is 17.6. The van der Waals surface area contributed by atoms with E-state index in [2.05, 4.69) is 46.3 Å². The molecule has 5 nitrogen and oxygen atoms in total. The summed E-state index contributed by atoms with van der Waals surface area (Å²) in [5, 5.41) is 3.48.